The second kappa shape index (κ2) is 6.53. The smallest absolute Gasteiger partial charge is 0.252 e. The van der Waals surface area contributed by atoms with Gasteiger partial charge in [-0.2, -0.15) is 0 Å². The molecular formula is C20H23N5O. The van der Waals surface area contributed by atoms with Crippen LogP contribution in [0.25, 0.3) is 5.65 Å². The van der Waals surface area contributed by atoms with Crippen molar-refractivity contribution >= 4 is 11.6 Å². The maximum absolute atomic E-state index is 12.6. The highest BCUT2D eigenvalue weighted by atomic mass is 16.1. The fourth-order valence-electron chi connectivity index (χ4n) is 3.48. The Kier molecular flexibility index (Phi) is 4.20. The zero-order valence-electron chi connectivity index (χ0n) is 15.1. The molecule has 0 atom stereocenters. The molecule has 0 bridgehead atoms. The molecule has 0 spiro atoms. The number of benzene rings is 1. The number of fused-ring (bicyclic) bond motifs is 2. The first kappa shape index (κ1) is 16.7. The molecule has 3 heterocycles. The van der Waals surface area contributed by atoms with Gasteiger partial charge in [0.05, 0.1) is 5.56 Å². The Hall–Kier alpha value is -2.73. The Morgan fingerprint density at radius 1 is 1.19 bits per heavy atom. The molecule has 6 heteroatoms. The standard InChI is InChI=1S/C20H23N5O/c1-20(2,25-10-9-15-5-3-4-6-16(15)12-25)13-21-19(26)17-7-8-18-23-22-14-24(18)11-17/h3-8,11,14H,9-10,12-13H2,1-2H3,(H,21,26). The molecule has 0 saturated heterocycles. The van der Waals surface area contributed by atoms with Crippen LogP contribution in [0.4, 0.5) is 0 Å². The second-order valence-electron chi connectivity index (χ2n) is 7.45. The predicted molar refractivity (Wildman–Crippen MR) is 100.0 cm³/mol. The quantitative estimate of drug-likeness (QED) is 0.785. The lowest BCUT2D eigenvalue weighted by Gasteiger charge is -2.41. The van der Waals surface area contributed by atoms with Gasteiger partial charge in [-0.15, -0.1) is 10.2 Å². The number of aromatic nitrogens is 3. The number of rotatable bonds is 4. The molecule has 1 aliphatic heterocycles. The normalized spacial score (nSPS) is 15.0. The van der Waals surface area contributed by atoms with Crippen LogP contribution >= 0.6 is 0 Å². The van der Waals surface area contributed by atoms with Crippen LogP contribution in [0.3, 0.4) is 0 Å². The molecule has 6 nitrogen and oxygen atoms in total. The zero-order valence-corrected chi connectivity index (χ0v) is 15.1. The molecule has 3 aromatic rings. The molecule has 0 unspecified atom stereocenters. The van der Waals surface area contributed by atoms with Gasteiger partial charge in [0.15, 0.2) is 5.65 Å². The topological polar surface area (TPSA) is 62.5 Å². The predicted octanol–water partition coefficient (Wildman–Crippen LogP) is 2.30. The van der Waals surface area contributed by atoms with Crippen LogP contribution in [-0.2, 0) is 13.0 Å². The van der Waals surface area contributed by atoms with Crippen molar-refractivity contribution in [1.82, 2.24) is 24.8 Å². The molecular weight excluding hydrogens is 326 g/mol. The molecule has 0 fully saturated rings. The van der Waals surface area contributed by atoms with Crippen molar-refractivity contribution in [3.05, 3.63) is 65.6 Å². The fourth-order valence-corrected chi connectivity index (χ4v) is 3.48. The maximum Gasteiger partial charge on any atom is 0.252 e. The van der Waals surface area contributed by atoms with Crippen molar-refractivity contribution in [2.45, 2.75) is 32.4 Å². The summed E-state index contributed by atoms with van der Waals surface area (Å²) in [7, 11) is 0. The Balaban J connectivity index is 1.42. The van der Waals surface area contributed by atoms with Crippen LogP contribution in [0, 0.1) is 0 Å². The molecule has 0 radical (unpaired) electrons. The molecule has 2 aromatic heterocycles. The van der Waals surface area contributed by atoms with Crippen LogP contribution in [0.5, 0.6) is 0 Å². The summed E-state index contributed by atoms with van der Waals surface area (Å²) in [6, 6.07) is 12.2. The van der Waals surface area contributed by atoms with E-state index >= 15 is 0 Å². The number of amides is 1. The van der Waals surface area contributed by atoms with E-state index in [1.54, 1.807) is 29.1 Å². The third-order valence-corrected chi connectivity index (χ3v) is 5.22. The van der Waals surface area contributed by atoms with E-state index in [9.17, 15) is 4.79 Å². The van der Waals surface area contributed by atoms with Crippen LogP contribution in [0.15, 0.2) is 48.9 Å². The zero-order chi connectivity index (χ0) is 18.1. The van der Waals surface area contributed by atoms with Crippen molar-refractivity contribution in [2.75, 3.05) is 13.1 Å². The van der Waals surface area contributed by atoms with Gasteiger partial charge in [-0.1, -0.05) is 24.3 Å². The summed E-state index contributed by atoms with van der Waals surface area (Å²) in [6.07, 6.45) is 4.41. The summed E-state index contributed by atoms with van der Waals surface area (Å²) in [5, 5.41) is 10.9. The first-order valence-corrected chi connectivity index (χ1v) is 8.92. The van der Waals surface area contributed by atoms with E-state index in [-0.39, 0.29) is 11.4 Å². The molecule has 1 amide bonds. The first-order chi connectivity index (χ1) is 12.5. The third-order valence-electron chi connectivity index (χ3n) is 5.22. The van der Waals surface area contributed by atoms with Crippen LogP contribution in [0.1, 0.15) is 35.3 Å². The Morgan fingerprint density at radius 3 is 2.85 bits per heavy atom. The molecule has 1 N–H and O–H groups in total. The average Bonchev–Trinajstić information content (AvgIpc) is 3.13. The Bertz CT molecular complexity index is 946. The van der Waals surface area contributed by atoms with Gasteiger partial charge in [-0.05, 0) is 43.5 Å². The van der Waals surface area contributed by atoms with E-state index in [0.29, 0.717) is 12.1 Å². The molecule has 0 aliphatic carbocycles. The van der Waals surface area contributed by atoms with Crippen molar-refractivity contribution in [2.24, 2.45) is 0 Å². The lowest BCUT2D eigenvalue weighted by atomic mass is 9.94. The first-order valence-electron chi connectivity index (χ1n) is 8.92. The summed E-state index contributed by atoms with van der Waals surface area (Å²) in [5.74, 6) is -0.0777. The van der Waals surface area contributed by atoms with Gasteiger partial charge < -0.3 is 5.32 Å². The van der Waals surface area contributed by atoms with Crippen LogP contribution in [0.2, 0.25) is 0 Å². The second-order valence-corrected chi connectivity index (χ2v) is 7.45. The molecule has 134 valence electrons. The number of nitrogens with zero attached hydrogens (tertiary/aromatic N) is 4. The van der Waals surface area contributed by atoms with Gasteiger partial charge >= 0.3 is 0 Å². The van der Waals surface area contributed by atoms with Gasteiger partial charge in [0, 0.05) is 31.4 Å². The van der Waals surface area contributed by atoms with Crippen molar-refractivity contribution in [1.29, 1.82) is 0 Å². The van der Waals surface area contributed by atoms with Crippen LogP contribution in [-0.4, -0.2) is 44.0 Å². The number of carbonyl (C=O) groups excluding carboxylic acids is 1. The molecule has 4 rings (SSSR count). The van der Waals surface area contributed by atoms with E-state index < -0.39 is 0 Å². The molecule has 1 aromatic carbocycles. The van der Waals surface area contributed by atoms with E-state index in [1.165, 1.54) is 11.1 Å². The van der Waals surface area contributed by atoms with Gasteiger partial charge in [0.2, 0.25) is 0 Å². The van der Waals surface area contributed by atoms with Crippen molar-refractivity contribution < 1.29 is 4.79 Å². The van der Waals surface area contributed by atoms with E-state index in [1.807, 2.05) is 0 Å². The van der Waals surface area contributed by atoms with Gasteiger partial charge in [0.1, 0.15) is 6.33 Å². The summed E-state index contributed by atoms with van der Waals surface area (Å²) in [6.45, 7) is 6.89. The molecule has 1 aliphatic rings. The summed E-state index contributed by atoms with van der Waals surface area (Å²) in [4.78, 5) is 15.0. The number of hydrogen-bond donors (Lipinski definition) is 1. The number of carbonyl (C=O) groups is 1. The SMILES string of the molecule is CC(C)(CNC(=O)c1ccc2nncn2c1)N1CCc2ccccc2C1. The highest BCUT2D eigenvalue weighted by Crippen LogP contribution is 2.25. The average molecular weight is 349 g/mol. The summed E-state index contributed by atoms with van der Waals surface area (Å²) < 4.78 is 1.75. The minimum absolute atomic E-state index is 0.0777. The number of hydrogen-bond acceptors (Lipinski definition) is 4. The minimum atomic E-state index is -0.121. The summed E-state index contributed by atoms with van der Waals surface area (Å²) >= 11 is 0. The third kappa shape index (κ3) is 3.20. The molecule has 26 heavy (non-hydrogen) atoms. The van der Waals surface area contributed by atoms with E-state index in [0.717, 1.165) is 25.2 Å². The Morgan fingerprint density at radius 2 is 2.00 bits per heavy atom. The number of nitrogens with one attached hydrogen (secondary N) is 1. The largest absolute Gasteiger partial charge is 0.350 e. The van der Waals surface area contributed by atoms with E-state index in [4.69, 9.17) is 0 Å². The number of pyridine rings is 1. The minimum Gasteiger partial charge on any atom is -0.350 e. The maximum atomic E-state index is 12.6. The highest BCUT2D eigenvalue weighted by Gasteiger charge is 2.30. The van der Waals surface area contributed by atoms with Crippen molar-refractivity contribution in [3.63, 3.8) is 0 Å². The lowest BCUT2D eigenvalue weighted by molar-refractivity contribution is 0.0826. The highest BCUT2D eigenvalue weighted by molar-refractivity contribution is 5.94. The summed E-state index contributed by atoms with van der Waals surface area (Å²) in [5.41, 5.74) is 4.04. The van der Waals surface area contributed by atoms with E-state index in [2.05, 4.69) is 58.5 Å². The lowest BCUT2D eigenvalue weighted by Crippen LogP contribution is -2.53. The fraction of sp³-hybridized carbons (Fsp3) is 0.350. The van der Waals surface area contributed by atoms with Gasteiger partial charge in [-0.3, -0.25) is 14.1 Å². The van der Waals surface area contributed by atoms with Crippen LogP contribution < -0.4 is 5.32 Å². The molecule has 0 saturated carbocycles. The van der Waals surface area contributed by atoms with Crippen molar-refractivity contribution in [3.8, 4) is 0 Å². The monoisotopic (exact) mass is 349 g/mol. The van der Waals surface area contributed by atoms with Gasteiger partial charge in [0.25, 0.3) is 5.91 Å². The Labute approximate surface area is 152 Å². The van der Waals surface area contributed by atoms with Gasteiger partial charge in [-0.25, -0.2) is 0 Å².